The van der Waals surface area contributed by atoms with Gasteiger partial charge in [0.1, 0.15) is 5.76 Å². The van der Waals surface area contributed by atoms with Crippen LogP contribution in [0.1, 0.15) is 47.3 Å². The molecule has 0 spiro atoms. The van der Waals surface area contributed by atoms with Crippen LogP contribution in [0.2, 0.25) is 0 Å². The Bertz CT molecular complexity index is 1230. The van der Waals surface area contributed by atoms with Crippen LogP contribution < -0.4 is 9.47 Å². The van der Waals surface area contributed by atoms with E-state index in [2.05, 4.69) is 4.98 Å². The maximum absolute atomic E-state index is 13.4. The lowest BCUT2D eigenvalue weighted by molar-refractivity contribution is -0.130. The minimum absolute atomic E-state index is 0.0464. The summed E-state index contributed by atoms with van der Waals surface area (Å²) in [6.07, 6.45) is 3.28. The second-order valence-corrected chi connectivity index (χ2v) is 7.77. The number of pyridine rings is 1. The van der Waals surface area contributed by atoms with Crippen LogP contribution >= 0.6 is 0 Å². The Morgan fingerprint density at radius 1 is 1.12 bits per heavy atom. The fourth-order valence-corrected chi connectivity index (χ4v) is 4.01. The van der Waals surface area contributed by atoms with Crippen molar-refractivity contribution in [2.75, 3.05) is 13.2 Å². The van der Waals surface area contributed by atoms with Crippen LogP contribution in [0.15, 0.2) is 70.6 Å². The predicted molar refractivity (Wildman–Crippen MR) is 124 cm³/mol. The quantitative estimate of drug-likeness (QED) is 0.465. The van der Waals surface area contributed by atoms with E-state index in [-0.39, 0.29) is 17.9 Å². The molecule has 3 heterocycles. The van der Waals surface area contributed by atoms with Crippen LogP contribution in [0.3, 0.4) is 0 Å². The lowest BCUT2D eigenvalue weighted by Crippen LogP contribution is -2.30. The number of Topliss-reactive ketones (excluding diaryl/α,β-unsaturated/α-hetero) is 1. The number of ether oxygens (including phenoxy) is 2. The molecule has 4 rings (SSSR count). The second-order valence-electron chi connectivity index (χ2n) is 7.77. The van der Waals surface area contributed by atoms with E-state index in [1.165, 1.54) is 11.0 Å². The highest BCUT2D eigenvalue weighted by molar-refractivity contribution is 6.15. The minimum Gasteiger partial charge on any atom is -0.503 e. The third-order valence-corrected chi connectivity index (χ3v) is 5.47. The summed E-state index contributed by atoms with van der Waals surface area (Å²) in [5, 5.41) is 10.8. The Morgan fingerprint density at radius 2 is 1.88 bits per heavy atom. The molecule has 1 N–H and O–H groups in total. The van der Waals surface area contributed by atoms with Crippen molar-refractivity contribution in [3.05, 3.63) is 88.8 Å². The van der Waals surface area contributed by atoms with Crippen molar-refractivity contribution < 1.29 is 28.6 Å². The van der Waals surface area contributed by atoms with E-state index in [1.807, 2.05) is 19.9 Å². The van der Waals surface area contributed by atoms with Crippen LogP contribution in [0.5, 0.6) is 11.5 Å². The molecule has 3 aromatic rings. The van der Waals surface area contributed by atoms with Gasteiger partial charge in [0.25, 0.3) is 5.91 Å². The average molecular weight is 463 g/mol. The summed E-state index contributed by atoms with van der Waals surface area (Å²) in [7, 11) is 0. The molecule has 0 fully saturated rings. The predicted octanol–water partition coefficient (Wildman–Crippen LogP) is 4.56. The summed E-state index contributed by atoms with van der Waals surface area (Å²) in [4.78, 5) is 32.2. The van der Waals surface area contributed by atoms with Gasteiger partial charge in [-0.25, -0.2) is 0 Å². The van der Waals surface area contributed by atoms with Crippen molar-refractivity contribution in [1.29, 1.82) is 0 Å². The number of aliphatic hydroxyl groups excluding tert-OH is 1. The number of aliphatic hydroxyl groups is 1. The third-order valence-electron chi connectivity index (χ3n) is 5.47. The number of hydrogen-bond donors (Lipinski definition) is 1. The van der Waals surface area contributed by atoms with Gasteiger partial charge in [0.15, 0.2) is 23.0 Å². The number of ketones is 1. The third kappa shape index (κ3) is 4.39. The van der Waals surface area contributed by atoms with E-state index in [9.17, 15) is 14.7 Å². The largest absolute Gasteiger partial charge is 0.503 e. The zero-order chi connectivity index (χ0) is 24.2. The first-order valence-electron chi connectivity index (χ1n) is 11.1. The second kappa shape index (κ2) is 9.82. The number of hydrogen-bond acceptors (Lipinski definition) is 7. The molecule has 1 unspecified atom stereocenters. The Labute approximate surface area is 197 Å². The number of rotatable bonds is 9. The molecule has 8 heteroatoms. The Kier molecular flexibility index (Phi) is 6.67. The molecule has 0 radical (unpaired) electrons. The Balaban J connectivity index is 1.82. The van der Waals surface area contributed by atoms with E-state index in [1.54, 1.807) is 49.6 Å². The zero-order valence-electron chi connectivity index (χ0n) is 19.3. The van der Waals surface area contributed by atoms with E-state index in [0.29, 0.717) is 36.0 Å². The van der Waals surface area contributed by atoms with E-state index in [4.69, 9.17) is 13.9 Å². The van der Waals surface area contributed by atoms with Crippen molar-refractivity contribution >= 4 is 11.7 Å². The molecule has 0 saturated heterocycles. The van der Waals surface area contributed by atoms with Gasteiger partial charge >= 0.3 is 0 Å². The molecule has 176 valence electrons. The van der Waals surface area contributed by atoms with Crippen LogP contribution in [0, 0.1) is 6.92 Å². The minimum atomic E-state index is -0.861. The highest BCUT2D eigenvalue weighted by Gasteiger charge is 2.44. The summed E-state index contributed by atoms with van der Waals surface area (Å²) in [6.45, 7) is 6.46. The standard InChI is InChI=1S/C26H26N2O6/c1-4-32-19-11-9-18(13-21(19)33-5-2)23-22(24(29)20-10-8-16(3)34-20)25(30)26(31)28(23)15-17-7-6-12-27-14-17/h6-14,23,30H,4-5,15H2,1-3H3. The number of aryl methyl sites for hydroxylation is 1. The van der Waals surface area contributed by atoms with Gasteiger partial charge in [-0.3, -0.25) is 14.6 Å². The fourth-order valence-electron chi connectivity index (χ4n) is 4.01. The molecule has 1 aliphatic heterocycles. The van der Waals surface area contributed by atoms with Gasteiger partial charge in [0.2, 0.25) is 5.78 Å². The number of furan rings is 1. The summed E-state index contributed by atoms with van der Waals surface area (Å²) >= 11 is 0. The highest BCUT2D eigenvalue weighted by Crippen LogP contribution is 2.42. The van der Waals surface area contributed by atoms with Crippen molar-refractivity contribution in [3.63, 3.8) is 0 Å². The van der Waals surface area contributed by atoms with Crippen LogP contribution in [0.4, 0.5) is 0 Å². The fraction of sp³-hybridized carbons (Fsp3) is 0.269. The number of nitrogens with zero attached hydrogens (tertiary/aromatic N) is 2. The van der Waals surface area contributed by atoms with Crippen molar-refractivity contribution in [2.24, 2.45) is 0 Å². The van der Waals surface area contributed by atoms with Gasteiger partial charge in [0, 0.05) is 18.9 Å². The highest BCUT2D eigenvalue weighted by atomic mass is 16.5. The topological polar surface area (TPSA) is 102 Å². The monoisotopic (exact) mass is 462 g/mol. The molecule has 1 aliphatic rings. The number of carbonyl (C=O) groups excluding carboxylic acids is 2. The molecule has 0 bridgehead atoms. The van der Waals surface area contributed by atoms with E-state index in [0.717, 1.165) is 5.56 Å². The van der Waals surface area contributed by atoms with Crippen molar-refractivity contribution in [3.8, 4) is 11.5 Å². The Hall–Kier alpha value is -4.07. The summed E-state index contributed by atoms with van der Waals surface area (Å²) in [6, 6.07) is 11.2. The Morgan fingerprint density at radius 3 is 2.53 bits per heavy atom. The van der Waals surface area contributed by atoms with Gasteiger partial charge in [-0.2, -0.15) is 0 Å². The van der Waals surface area contributed by atoms with Crippen LogP contribution in [0.25, 0.3) is 0 Å². The van der Waals surface area contributed by atoms with E-state index < -0.39 is 23.5 Å². The molecule has 0 aliphatic carbocycles. The van der Waals surface area contributed by atoms with Gasteiger partial charge in [-0.05, 0) is 62.2 Å². The lowest BCUT2D eigenvalue weighted by Gasteiger charge is -2.27. The smallest absolute Gasteiger partial charge is 0.290 e. The van der Waals surface area contributed by atoms with Crippen molar-refractivity contribution in [2.45, 2.75) is 33.4 Å². The molecule has 34 heavy (non-hydrogen) atoms. The molecule has 8 nitrogen and oxygen atoms in total. The lowest BCUT2D eigenvalue weighted by atomic mass is 9.94. The summed E-state index contributed by atoms with van der Waals surface area (Å²) < 4.78 is 16.9. The molecule has 1 aromatic carbocycles. The number of aromatic nitrogens is 1. The normalized spacial score (nSPS) is 15.7. The van der Waals surface area contributed by atoms with Crippen molar-refractivity contribution in [1.82, 2.24) is 9.88 Å². The SMILES string of the molecule is CCOc1ccc(C2C(C(=O)c3ccc(C)o3)=C(O)C(=O)N2Cc2cccnc2)cc1OCC. The molecular weight excluding hydrogens is 436 g/mol. The van der Waals surface area contributed by atoms with Gasteiger partial charge < -0.3 is 23.9 Å². The zero-order valence-corrected chi connectivity index (χ0v) is 19.3. The molecular formula is C26H26N2O6. The average Bonchev–Trinajstić information content (AvgIpc) is 3.37. The van der Waals surface area contributed by atoms with Crippen LogP contribution in [-0.4, -0.2) is 39.9 Å². The van der Waals surface area contributed by atoms with Crippen LogP contribution in [-0.2, 0) is 11.3 Å². The first-order valence-corrected chi connectivity index (χ1v) is 11.1. The summed E-state index contributed by atoms with van der Waals surface area (Å²) in [5.74, 6) is -0.148. The molecule has 2 aromatic heterocycles. The van der Waals surface area contributed by atoms with Gasteiger partial charge in [-0.1, -0.05) is 12.1 Å². The molecule has 1 atom stereocenters. The number of amides is 1. The van der Waals surface area contributed by atoms with Gasteiger partial charge in [0.05, 0.1) is 24.8 Å². The maximum atomic E-state index is 13.4. The molecule has 1 amide bonds. The number of benzene rings is 1. The van der Waals surface area contributed by atoms with E-state index >= 15 is 0 Å². The molecule has 0 saturated carbocycles. The summed E-state index contributed by atoms with van der Waals surface area (Å²) in [5.41, 5.74) is 1.31. The first kappa shape index (κ1) is 23.1. The van der Waals surface area contributed by atoms with Gasteiger partial charge in [-0.15, -0.1) is 0 Å². The maximum Gasteiger partial charge on any atom is 0.290 e. The number of carbonyl (C=O) groups is 2. The first-order chi connectivity index (χ1) is 16.4.